The van der Waals surface area contributed by atoms with E-state index in [1.165, 1.54) is 5.56 Å². The second-order valence-electron chi connectivity index (χ2n) is 9.07. The van der Waals surface area contributed by atoms with Crippen molar-refractivity contribution in [2.75, 3.05) is 13.1 Å². The highest BCUT2D eigenvalue weighted by Crippen LogP contribution is 2.17. The van der Waals surface area contributed by atoms with Gasteiger partial charge in [0.2, 0.25) is 5.78 Å². The van der Waals surface area contributed by atoms with Gasteiger partial charge in [-0.05, 0) is 48.3 Å². The summed E-state index contributed by atoms with van der Waals surface area (Å²) in [4.78, 5) is 39.8. The molecule has 6 heteroatoms. The molecule has 0 aliphatic rings. The second kappa shape index (κ2) is 13.3. The molecular weight excluding hydrogens is 462 g/mol. The molecule has 0 aliphatic carbocycles. The van der Waals surface area contributed by atoms with Gasteiger partial charge in [-0.2, -0.15) is 0 Å². The molecule has 0 saturated heterocycles. The van der Waals surface area contributed by atoms with E-state index in [0.29, 0.717) is 5.56 Å². The van der Waals surface area contributed by atoms with E-state index in [1.54, 1.807) is 6.07 Å². The first kappa shape index (κ1) is 27.6. The van der Waals surface area contributed by atoms with Gasteiger partial charge in [-0.25, -0.2) is 0 Å². The number of hydrogen-bond acceptors (Lipinski definition) is 4. The van der Waals surface area contributed by atoms with Gasteiger partial charge in [-0.3, -0.25) is 19.3 Å². The molecule has 0 aliphatic heterocycles. The van der Waals surface area contributed by atoms with Crippen LogP contribution in [-0.2, 0) is 22.6 Å². The molecule has 2 amide bonds. The van der Waals surface area contributed by atoms with E-state index < -0.39 is 23.6 Å². The fourth-order valence-electron chi connectivity index (χ4n) is 4.12. The molecule has 0 saturated carbocycles. The Kier molecular flexibility index (Phi) is 9.92. The van der Waals surface area contributed by atoms with Gasteiger partial charge in [-0.15, -0.1) is 0 Å². The fourth-order valence-corrected chi connectivity index (χ4v) is 4.12. The topological polar surface area (TPSA) is 92.5 Å². The molecule has 6 nitrogen and oxygen atoms in total. The van der Waals surface area contributed by atoms with Crippen molar-refractivity contribution in [2.45, 2.75) is 39.8 Å². The van der Waals surface area contributed by atoms with Crippen LogP contribution >= 0.6 is 0 Å². The molecule has 1 atom stereocenters. The van der Waals surface area contributed by atoms with E-state index in [4.69, 9.17) is 5.73 Å². The van der Waals surface area contributed by atoms with E-state index in [1.807, 2.05) is 61.5 Å². The van der Waals surface area contributed by atoms with Crippen LogP contribution in [0.15, 0.2) is 72.8 Å². The molecule has 192 valence electrons. The van der Waals surface area contributed by atoms with E-state index in [-0.39, 0.29) is 6.42 Å². The molecule has 0 heterocycles. The monoisotopic (exact) mass is 497 g/mol. The molecule has 0 fully saturated rings. The summed E-state index contributed by atoms with van der Waals surface area (Å²) in [5, 5.41) is 2.73. The van der Waals surface area contributed by atoms with Crippen molar-refractivity contribution < 1.29 is 14.4 Å². The predicted octanol–water partition coefficient (Wildman–Crippen LogP) is 4.40. The van der Waals surface area contributed by atoms with Crippen LogP contribution < -0.4 is 11.1 Å². The molecule has 0 bridgehead atoms. The summed E-state index contributed by atoms with van der Waals surface area (Å²) in [6.45, 7) is 9.19. The number of carbonyl (C=O) groups is 3. The number of nitrogens with zero attached hydrogens (tertiary/aromatic N) is 1. The largest absolute Gasteiger partial charge is 0.363 e. The van der Waals surface area contributed by atoms with Gasteiger partial charge in [0, 0.05) is 18.5 Å². The number of nitrogens with one attached hydrogen (secondary N) is 1. The zero-order valence-electron chi connectivity index (χ0n) is 21.7. The minimum atomic E-state index is -1.07. The SMILES string of the molecule is CCN(CC)Cc1ccc(/C=C/c2cc(C)ccc2C(=O)NC(Cc2ccccc2)C(=O)C(N)=O)cc1. The zero-order valence-corrected chi connectivity index (χ0v) is 21.7. The Hall–Kier alpha value is -4.03. The quantitative estimate of drug-likeness (QED) is 0.287. The Balaban J connectivity index is 1.80. The first-order valence-corrected chi connectivity index (χ1v) is 12.6. The van der Waals surface area contributed by atoms with Crippen molar-refractivity contribution in [3.8, 4) is 0 Å². The van der Waals surface area contributed by atoms with Crippen LogP contribution in [0.2, 0.25) is 0 Å². The number of Topliss-reactive ketones (excluding diaryl/α,β-unsaturated/α-hetero) is 1. The Morgan fingerprint density at radius 1 is 0.892 bits per heavy atom. The lowest BCUT2D eigenvalue weighted by Crippen LogP contribution is -2.47. The Labute approximate surface area is 219 Å². The van der Waals surface area contributed by atoms with Gasteiger partial charge in [0.25, 0.3) is 11.8 Å². The van der Waals surface area contributed by atoms with Gasteiger partial charge >= 0.3 is 0 Å². The summed E-state index contributed by atoms with van der Waals surface area (Å²) < 4.78 is 0. The average molecular weight is 498 g/mol. The van der Waals surface area contributed by atoms with Gasteiger partial charge in [0.1, 0.15) is 6.04 Å². The van der Waals surface area contributed by atoms with Crippen LogP contribution in [0.5, 0.6) is 0 Å². The summed E-state index contributed by atoms with van der Waals surface area (Å²) in [5.41, 5.74) is 10.5. The van der Waals surface area contributed by atoms with Crippen molar-refractivity contribution in [3.05, 3.63) is 106 Å². The molecule has 1 unspecified atom stereocenters. The number of ketones is 1. The van der Waals surface area contributed by atoms with Crippen LogP contribution in [0.25, 0.3) is 12.2 Å². The smallest absolute Gasteiger partial charge is 0.287 e. The maximum absolute atomic E-state index is 13.3. The maximum Gasteiger partial charge on any atom is 0.287 e. The number of aryl methyl sites for hydroxylation is 1. The van der Waals surface area contributed by atoms with Crippen LogP contribution in [0.1, 0.15) is 52.0 Å². The number of amides is 2. The van der Waals surface area contributed by atoms with Crippen molar-refractivity contribution >= 4 is 29.7 Å². The lowest BCUT2D eigenvalue weighted by atomic mass is 9.99. The third-order valence-electron chi connectivity index (χ3n) is 6.33. The van der Waals surface area contributed by atoms with E-state index >= 15 is 0 Å². The van der Waals surface area contributed by atoms with Crippen LogP contribution in [-0.4, -0.2) is 41.6 Å². The normalized spacial score (nSPS) is 12.0. The number of nitrogens with two attached hydrogens (primary N) is 1. The fraction of sp³-hybridized carbons (Fsp3) is 0.258. The van der Waals surface area contributed by atoms with E-state index in [9.17, 15) is 14.4 Å². The molecule has 3 rings (SSSR count). The van der Waals surface area contributed by atoms with Gasteiger partial charge in [0.05, 0.1) is 0 Å². The average Bonchev–Trinajstić information content (AvgIpc) is 2.90. The van der Waals surface area contributed by atoms with Crippen LogP contribution in [0, 0.1) is 6.92 Å². The van der Waals surface area contributed by atoms with Crippen molar-refractivity contribution in [1.29, 1.82) is 0 Å². The highest BCUT2D eigenvalue weighted by Gasteiger charge is 2.26. The Morgan fingerprint density at radius 2 is 1.57 bits per heavy atom. The van der Waals surface area contributed by atoms with Gasteiger partial charge < -0.3 is 11.1 Å². The number of hydrogen-bond donors (Lipinski definition) is 2. The summed E-state index contributed by atoms with van der Waals surface area (Å²) in [6, 6.07) is 22.0. The number of carbonyl (C=O) groups excluding carboxylic acids is 3. The first-order valence-electron chi connectivity index (χ1n) is 12.6. The molecule has 3 aromatic carbocycles. The maximum atomic E-state index is 13.3. The molecule has 0 aromatic heterocycles. The zero-order chi connectivity index (χ0) is 26.8. The second-order valence-corrected chi connectivity index (χ2v) is 9.07. The van der Waals surface area contributed by atoms with Crippen LogP contribution in [0.4, 0.5) is 0 Å². The molecule has 37 heavy (non-hydrogen) atoms. The van der Waals surface area contributed by atoms with Crippen molar-refractivity contribution in [2.24, 2.45) is 5.73 Å². The lowest BCUT2D eigenvalue weighted by molar-refractivity contribution is -0.137. The molecule has 0 radical (unpaired) electrons. The summed E-state index contributed by atoms with van der Waals surface area (Å²) in [6.07, 6.45) is 4.03. The highest BCUT2D eigenvalue weighted by atomic mass is 16.2. The Morgan fingerprint density at radius 3 is 2.19 bits per heavy atom. The Bertz CT molecular complexity index is 1250. The molecule has 0 spiro atoms. The minimum absolute atomic E-state index is 0.172. The molecule has 3 aromatic rings. The van der Waals surface area contributed by atoms with Gasteiger partial charge in [-0.1, -0.05) is 98.3 Å². The predicted molar refractivity (Wildman–Crippen MR) is 149 cm³/mol. The lowest BCUT2D eigenvalue weighted by Gasteiger charge is -2.18. The summed E-state index contributed by atoms with van der Waals surface area (Å²) in [7, 11) is 0. The highest BCUT2D eigenvalue weighted by molar-refractivity contribution is 6.38. The minimum Gasteiger partial charge on any atom is -0.363 e. The summed E-state index contributed by atoms with van der Waals surface area (Å²) in [5.74, 6) is -2.34. The number of rotatable bonds is 12. The third kappa shape index (κ3) is 7.98. The summed E-state index contributed by atoms with van der Waals surface area (Å²) >= 11 is 0. The van der Waals surface area contributed by atoms with Crippen molar-refractivity contribution in [3.63, 3.8) is 0 Å². The standard InChI is InChI=1S/C31H35N3O3/c1-4-34(5-2)21-25-14-12-23(13-15-25)16-17-26-19-22(3)11-18-27(26)31(37)33-28(29(35)30(32)36)20-24-9-7-6-8-10-24/h6-19,28H,4-5,20-21H2,1-3H3,(H2,32,36)(H,33,37)/b17-16+. The van der Waals surface area contributed by atoms with Gasteiger partial charge in [0.15, 0.2) is 0 Å². The van der Waals surface area contributed by atoms with Crippen LogP contribution in [0.3, 0.4) is 0 Å². The number of primary amides is 1. The number of benzene rings is 3. The third-order valence-corrected chi connectivity index (χ3v) is 6.33. The first-order chi connectivity index (χ1) is 17.8. The van der Waals surface area contributed by atoms with E-state index in [2.05, 4.69) is 48.3 Å². The van der Waals surface area contributed by atoms with E-state index in [0.717, 1.165) is 41.9 Å². The van der Waals surface area contributed by atoms with Crippen molar-refractivity contribution in [1.82, 2.24) is 10.2 Å². The molecule has 3 N–H and O–H groups in total. The molecular formula is C31H35N3O3.